The Balaban J connectivity index is 1.39. The molecule has 2 aliphatic rings. The van der Waals surface area contributed by atoms with Gasteiger partial charge in [0, 0.05) is 46.3 Å². The van der Waals surface area contributed by atoms with E-state index in [0.717, 1.165) is 37.6 Å². The Labute approximate surface area is 195 Å². The first kappa shape index (κ1) is 23.2. The molecule has 0 aromatic heterocycles. The molecule has 0 aliphatic carbocycles. The molecule has 2 fully saturated rings. The van der Waals surface area contributed by atoms with E-state index < -0.39 is 0 Å². The summed E-state index contributed by atoms with van der Waals surface area (Å²) in [5.74, 6) is -0.171. The van der Waals surface area contributed by atoms with Crippen LogP contribution in [0.3, 0.4) is 0 Å². The maximum Gasteiger partial charge on any atom is 0.238 e. The summed E-state index contributed by atoms with van der Waals surface area (Å²) in [5, 5.41) is 5.84. The number of benzene rings is 2. The third-order valence-corrected chi connectivity index (χ3v) is 6.25. The molecule has 1 atom stereocenters. The summed E-state index contributed by atoms with van der Waals surface area (Å²) in [6.45, 7) is 5.99. The second kappa shape index (κ2) is 11.3. The molecule has 0 spiro atoms. The predicted octanol–water partition coefficient (Wildman–Crippen LogP) is 1.39. The van der Waals surface area contributed by atoms with E-state index in [0.29, 0.717) is 26.3 Å². The molecule has 2 heterocycles. The van der Waals surface area contributed by atoms with Gasteiger partial charge in [-0.15, -0.1) is 0 Å². The molecule has 4 rings (SSSR count). The van der Waals surface area contributed by atoms with Crippen molar-refractivity contribution in [1.82, 2.24) is 15.1 Å². The molecule has 2 aromatic rings. The van der Waals surface area contributed by atoms with E-state index in [1.807, 2.05) is 47.4 Å². The number of hydrogen-bond donors (Lipinski definition) is 2. The molecule has 8 heteroatoms. The van der Waals surface area contributed by atoms with E-state index in [1.54, 1.807) is 7.05 Å². The van der Waals surface area contributed by atoms with Crippen LogP contribution in [0.5, 0.6) is 0 Å². The minimum atomic E-state index is -0.368. The summed E-state index contributed by atoms with van der Waals surface area (Å²) in [6, 6.07) is 17.7. The molecular weight excluding hydrogens is 418 g/mol. The summed E-state index contributed by atoms with van der Waals surface area (Å²) in [4.78, 5) is 32.1. The van der Waals surface area contributed by atoms with Crippen molar-refractivity contribution in [2.75, 3.05) is 69.7 Å². The molecular formula is C25H33N5O3. The summed E-state index contributed by atoms with van der Waals surface area (Å²) in [5.41, 5.74) is 3.02. The lowest BCUT2D eigenvalue weighted by atomic mass is 10.1. The zero-order valence-corrected chi connectivity index (χ0v) is 19.2. The fraction of sp³-hybridized carbons (Fsp3) is 0.440. The first-order valence-electron chi connectivity index (χ1n) is 11.6. The summed E-state index contributed by atoms with van der Waals surface area (Å²) < 4.78 is 5.46. The van der Waals surface area contributed by atoms with Crippen molar-refractivity contribution in [3.8, 4) is 0 Å². The lowest BCUT2D eigenvalue weighted by Crippen LogP contribution is -2.59. The Bertz CT molecular complexity index is 933. The van der Waals surface area contributed by atoms with E-state index in [-0.39, 0.29) is 24.4 Å². The van der Waals surface area contributed by atoms with Crippen molar-refractivity contribution in [3.63, 3.8) is 0 Å². The Kier molecular flexibility index (Phi) is 7.93. The highest BCUT2D eigenvalue weighted by molar-refractivity contribution is 5.96. The molecule has 0 bridgehead atoms. The number of hydrogen-bond acceptors (Lipinski definition) is 6. The smallest absolute Gasteiger partial charge is 0.238 e. The van der Waals surface area contributed by atoms with Gasteiger partial charge in [0.2, 0.25) is 11.8 Å². The molecule has 2 saturated heterocycles. The van der Waals surface area contributed by atoms with Gasteiger partial charge >= 0.3 is 0 Å². The van der Waals surface area contributed by atoms with Gasteiger partial charge < -0.3 is 20.3 Å². The number of carbonyl (C=O) groups excluding carboxylic acids is 2. The summed E-state index contributed by atoms with van der Waals surface area (Å²) in [6.07, 6.45) is 0. The molecule has 176 valence electrons. The molecule has 1 unspecified atom stereocenters. The highest BCUT2D eigenvalue weighted by Gasteiger charge is 2.33. The van der Waals surface area contributed by atoms with Gasteiger partial charge in [0.15, 0.2) is 0 Å². The van der Waals surface area contributed by atoms with Crippen LogP contribution in [0.2, 0.25) is 0 Å². The Morgan fingerprint density at radius 3 is 2.45 bits per heavy atom. The third kappa shape index (κ3) is 6.10. The van der Waals surface area contributed by atoms with E-state index in [2.05, 4.69) is 32.6 Å². The molecule has 0 saturated carbocycles. The average Bonchev–Trinajstić information content (AvgIpc) is 2.86. The summed E-state index contributed by atoms with van der Waals surface area (Å²) >= 11 is 0. The van der Waals surface area contributed by atoms with Gasteiger partial charge in [-0.2, -0.15) is 0 Å². The van der Waals surface area contributed by atoms with E-state index >= 15 is 0 Å². The highest BCUT2D eigenvalue weighted by Crippen LogP contribution is 2.26. The van der Waals surface area contributed by atoms with E-state index in [4.69, 9.17) is 4.74 Å². The van der Waals surface area contributed by atoms with Crippen molar-refractivity contribution in [2.45, 2.75) is 12.6 Å². The molecule has 2 aromatic carbocycles. The Morgan fingerprint density at radius 1 is 0.970 bits per heavy atom. The van der Waals surface area contributed by atoms with Gasteiger partial charge in [-0.1, -0.05) is 42.5 Å². The van der Waals surface area contributed by atoms with Gasteiger partial charge in [0.1, 0.15) is 6.04 Å². The molecule has 2 aliphatic heterocycles. The predicted molar refractivity (Wildman–Crippen MR) is 129 cm³/mol. The van der Waals surface area contributed by atoms with Crippen LogP contribution >= 0.6 is 0 Å². The maximum absolute atomic E-state index is 13.0. The van der Waals surface area contributed by atoms with Gasteiger partial charge in [-0.05, 0) is 17.7 Å². The van der Waals surface area contributed by atoms with Crippen LogP contribution < -0.4 is 15.5 Å². The number of anilines is 2. The van der Waals surface area contributed by atoms with Crippen LogP contribution in [0.15, 0.2) is 54.6 Å². The van der Waals surface area contributed by atoms with Crippen molar-refractivity contribution >= 4 is 23.2 Å². The second-order valence-corrected chi connectivity index (χ2v) is 8.49. The number of nitrogens with zero attached hydrogens (tertiary/aromatic N) is 3. The first-order chi connectivity index (χ1) is 16.1. The first-order valence-corrected chi connectivity index (χ1v) is 11.6. The van der Waals surface area contributed by atoms with Crippen molar-refractivity contribution in [2.24, 2.45) is 0 Å². The standard InChI is InChI=1S/C25H33N5O3/c1-26-25(32)23-18-28(17-20-7-3-2-4-8-20)11-12-30(23)19-24(31)27-21-9-5-6-10-22(21)29-13-15-33-16-14-29/h2-10,23H,11-19H2,1H3,(H,26,32)(H,27,31). The number of nitrogens with one attached hydrogen (secondary N) is 2. The lowest BCUT2D eigenvalue weighted by Gasteiger charge is -2.40. The Hall–Kier alpha value is -2.94. The van der Waals surface area contributed by atoms with Gasteiger partial charge in [-0.25, -0.2) is 0 Å². The van der Waals surface area contributed by atoms with Crippen LogP contribution in [-0.4, -0.2) is 87.2 Å². The van der Waals surface area contributed by atoms with E-state index in [9.17, 15) is 9.59 Å². The number of para-hydroxylation sites is 2. The normalized spacial score (nSPS) is 19.8. The van der Waals surface area contributed by atoms with Crippen LogP contribution in [0.1, 0.15) is 5.56 Å². The zero-order valence-electron chi connectivity index (χ0n) is 19.2. The SMILES string of the molecule is CNC(=O)C1CN(Cc2ccccc2)CCN1CC(=O)Nc1ccccc1N1CCOCC1. The van der Waals surface area contributed by atoms with Crippen LogP contribution in [0.4, 0.5) is 11.4 Å². The Morgan fingerprint density at radius 2 is 1.70 bits per heavy atom. The van der Waals surface area contributed by atoms with Crippen LogP contribution in [0, 0.1) is 0 Å². The molecule has 0 radical (unpaired) electrons. The van der Waals surface area contributed by atoms with Gasteiger partial charge in [0.25, 0.3) is 0 Å². The van der Waals surface area contributed by atoms with Gasteiger partial charge in [-0.3, -0.25) is 19.4 Å². The third-order valence-electron chi connectivity index (χ3n) is 6.25. The number of morpholine rings is 1. The summed E-state index contributed by atoms with van der Waals surface area (Å²) in [7, 11) is 1.65. The minimum Gasteiger partial charge on any atom is -0.378 e. The monoisotopic (exact) mass is 451 g/mol. The highest BCUT2D eigenvalue weighted by atomic mass is 16.5. The molecule has 2 amide bonds. The molecule has 33 heavy (non-hydrogen) atoms. The van der Waals surface area contributed by atoms with Crippen LogP contribution in [0.25, 0.3) is 0 Å². The number of rotatable bonds is 7. The maximum atomic E-state index is 13.0. The number of carbonyl (C=O) groups is 2. The molecule has 2 N–H and O–H groups in total. The van der Waals surface area contributed by atoms with Crippen molar-refractivity contribution in [3.05, 3.63) is 60.2 Å². The quantitative estimate of drug-likeness (QED) is 0.663. The number of ether oxygens (including phenoxy) is 1. The fourth-order valence-electron chi connectivity index (χ4n) is 4.50. The molecule has 8 nitrogen and oxygen atoms in total. The number of likely N-dealkylation sites (N-methyl/N-ethyl adjacent to an activating group) is 1. The van der Waals surface area contributed by atoms with Crippen molar-refractivity contribution < 1.29 is 14.3 Å². The van der Waals surface area contributed by atoms with Crippen LogP contribution in [-0.2, 0) is 20.9 Å². The van der Waals surface area contributed by atoms with E-state index in [1.165, 1.54) is 5.56 Å². The van der Waals surface area contributed by atoms with Gasteiger partial charge in [0.05, 0.1) is 31.1 Å². The largest absolute Gasteiger partial charge is 0.378 e. The topological polar surface area (TPSA) is 77.2 Å². The number of amides is 2. The lowest BCUT2D eigenvalue weighted by molar-refractivity contribution is -0.130. The minimum absolute atomic E-state index is 0.0609. The van der Waals surface area contributed by atoms with Crippen molar-refractivity contribution in [1.29, 1.82) is 0 Å². The zero-order chi connectivity index (χ0) is 23.0. The fourth-order valence-corrected chi connectivity index (χ4v) is 4.50. The second-order valence-electron chi connectivity index (χ2n) is 8.49. The average molecular weight is 452 g/mol. The number of piperazine rings is 1.